The summed E-state index contributed by atoms with van der Waals surface area (Å²) in [6.07, 6.45) is 10.1. The minimum atomic E-state index is -3.77. The third kappa shape index (κ3) is 6.30. The summed E-state index contributed by atoms with van der Waals surface area (Å²) in [5.41, 5.74) is 1.70. The van der Waals surface area contributed by atoms with Crippen LogP contribution in [0.5, 0.6) is 5.75 Å². The molecule has 1 aromatic carbocycles. The summed E-state index contributed by atoms with van der Waals surface area (Å²) in [5, 5.41) is 14.1. The van der Waals surface area contributed by atoms with Gasteiger partial charge < -0.3 is 15.2 Å². The van der Waals surface area contributed by atoms with Crippen molar-refractivity contribution in [3.05, 3.63) is 23.9 Å². The molecule has 0 amide bonds. The van der Waals surface area contributed by atoms with Gasteiger partial charge in [0.1, 0.15) is 10.6 Å². The number of rotatable bonds is 9. The Labute approximate surface area is 207 Å². The van der Waals surface area contributed by atoms with Crippen molar-refractivity contribution in [1.82, 2.24) is 9.71 Å². The number of hydrogen-bond acceptors (Lipinski definition) is 7. The van der Waals surface area contributed by atoms with Crippen LogP contribution >= 0.6 is 11.3 Å². The average molecular weight is 508 g/mol. The van der Waals surface area contributed by atoms with E-state index in [4.69, 9.17) is 9.72 Å². The van der Waals surface area contributed by atoms with Crippen molar-refractivity contribution in [2.75, 3.05) is 19.0 Å². The SMILES string of the molecule is COc1ccc(-c2sc(NCCC3CCCCC3)nc2C)cc1S(=O)(=O)NC1CCC(O)CC1. The van der Waals surface area contributed by atoms with Crippen molar-refractivity contribution in [3.8, 4) is 16.2 Å². The molecule has 3 N–H and O–H groups in total. The molecule has 34 heavy (non-hydrogen) atoms. The number of aryl methyl sites for hydroxylation is 1. The number of aliphatic hydroxyl groups excluding tert-OH is 1. The van der Waals surface area contributed by atoms with E-state index in [1.54, 1.807) is 23.5 Å². The quantitative estimate of drug-likeness (QED) is 0.437. The highest BCUT2D eigenvalue weighted by Crippen LogP contribution is 2.37. The van der Waals surface area contributed by atoms with Crippen LogP contribution in [0.25, 0.3) is 10.4 Å². The highest BCUT2D eigenvalue weighted by atomic mass is 32.2. The molecule has 2 fully saturated rings. The first-order chi connectivity index (χ1) is 16.4. The maximum Gasteiger partial charge on any atom is 0.244 e. The number of thiazole rings is 1. The second-order valence-electron chi connectivity index (χ2n) is 9.65. The molecule has 0 spiro atoms. The van der Waals surface area contributed by atoms with E-state index in [0.29, 0.717) is 31.4 Å². The van der Waals surface area contributed by atoms with E-state index in [2.05, 4.69) is 10.0 Å². The molecule has 7 nitrogen and oxygen atoms in total. The predicted octanol–water partition coefficient (Wildman–Crippen LogP) is 5.09. The lowest BCUT2D eigenvalue weighted by atomic mass is 9.87. The van der Waals surface area contributed by atoms with Gasteiger partial charge in [-0.25, -0.2) is 18.1 Å². The summed E-state index contributed by atoms with van der Waals surface area (Å²) in [6, 6.07) is 5.11. The molecule has 1 aromatic heterocycles. The van der Waals surface area contributed by atoms with Crippen LogP contribution in [0.2, 0.25) is 0 Å². The standard InChI is InChI=1S/C25H37N3O4S2/c1-17-24(33-25(27-17)26-15-14-18-6-4-3-5-7-18)19-8-13-22(32-2)23(16-19)34(30,31)28-20-9-11-21(29)12-10-20/h8,13,16,18,20-21,28-29H,3-7,9-12,14-15H2,1-2H3,(H,26,27). The van der Waals surface area contributed by atoms with Gasteiger partial charge in [-0.15, -0.1) is 0 Å². The third-order valence-electron chi connectivity index (χ3n) is 7.08. The number of nitrogens with one attached hydrogen (secondary N) is 2. The molecule has 2 aromatic rings. The number of benzene rings is 1. The highest BCUT2D eigenvalue weighted by molar-refractivity contribution is 7.89. The first-order valence-corrected chi connectivity index (χ1v) is 14.8. The number of ether oxygens (including phenoxy) is 1. The van der Waals surface area contributed by atoms with E-state index in [1.807, 2.05) is 13.0 Å². The third-order valence-corrected chi connectivity index (χ3v) is 9.79. The first kappa shape index (κ1) is 25.4. The zero-order valence-electron chi connectivity index (χ0n) is 20.2. The molecule has 4 rings (SSSR count). The number of sulfonamides is 1. The normalized spacial score (nSPS) is 22.0. The highest BCUT2D eigenvalue weighted by Gasteiger charge is 2.27. The van der Waals surface area contributed by atoms with Gasteiger partial charge in [-0.3, -0.25) is 0 Å². The Balaban J connectivity index is 1.48. The van der Waals surface area contributed by atoms with Gasteiger partial charge in [-0.1, -0.05) is 43.4 Å². The largest absolute Gasteiger partial charge is 0.495 e. The average Bonchev–Trinajstić information content (AvgIpc) is 3.21. The second-order valence-corrected chi connectivity index (χ2v) is 12.3. The van der Waals surface area contributed by atoms with Gasteiger partial charge in [-0.2, -0.15) is 0 Å². The molecule has 1 heterocycles. The van der Waals surface area contributed by atoms with Crippen LogP contribution in [0.1, 0.15) is 69.9 Å². The van der Waals surface area contributed by atoms with Crippen LogP contribution in [0, 0.1) is 12.8 Å². The van der Waals surface area contributed by atoms with E-state index in [0.717, 1.165) is 33.7 Å². The van der Waals surface area contributed by atoms with Gasteiger partial charge >= 0.3 is 0 Å². The maximum absolute atomic E-state index is 13.2. The summed E-state index contributed by atoms with van der Waals surface area (Å²) < 4.78 is 34.7. The van der Waals surface area contributed by atoms with E-state index in [-0.39, 0.29) is 17.0 Å². The number of methoxy groups -OCH3 is 1. The van der Waals surface area contributed by atoms with Crippen LogP contribution in [0.15, 0.2) is 23.1 Å². The number of aliphatic hydroxyl groups is 1. The Morgan fingerprint density at radius 3 is 2.56 bits per heavy atom. The Bertz CT molecular complexity index is 1060. The fourth-order valence-corrected chi connectivity index (χ4v) is 7.59. The topological polar surface area (TPSA) is 101 Å². The van der Waals surface area contributed by atoms with Crippen molar-refractivity contribution in [2.45, 2.75) is 88.2 Å². The van der Waals surface area contributed by atoms with Crippen LogP contribution < -0.4 is 14.8 Å². The van der Waals surface area contributed by atoms with Crippen molar-refractivity contribution in [1.29, 1.82) is 0 Å². The van der Waals surface area contributed by atoms with Crippen molar-refractivity contribution in [3.63, 3.8) is 0 Å². The molecule has 2 aliphatic carbocycles. The monoisotopic (exact) mass is 507 g/mol. The van der Waals surface area contributed by atoms with Gasteiger partial charge in [-0.05, 0) is 68.7 Å². The van der Waals surface area contributed by atoms with Gasteiger partial charge in [0.15, 0.2) is 5.13 Å². The molecule has 0 aliphatic heterocycles. The molecule has 0 radical (unpaired) electrons. The van der Waals surface area contributed by atoms with Crippen LogP contribution in [-0.2, 0) is 10.0 Å². The number of aromatic nitrogens is 1. The Hall–Kier alpha value is -1.68. The second kappa shape index (κ2) is 11.4. The zero-order chi connectivity index (χ0) is 24.1. The molecular formula is C25H37N3O4S2. The fourth-order valence-electron chi connectivity index (χ4n) is 5.10. The fraction of sp³-hybridized carbons (Fsp3) is 0.640. The van der Waals surface area contributed by atoms with Crippen molar-refractivity contribution >= 4 is 26.5 Å². The Morgan fingerprint density at radius 2 is 1.85 bits per heavy atom. The van der Waals surface area contributed by atoms with Crippen molar-refractivity contribution < 1.29 is 18.3 Å². The van der Waals surface area contributed by atoms with Crippen LogP contribution in [0.3, 0.4) is 0 Å². The Kier molecular flexibility index (Phi) is 8.50. The predicted molar refractivity (Wildman–Crippen MR) is 137 cm³/mol. The van der Waals surface area contributed by atoms with E-state index >= 15 is 0 Å². The number of anilines is 1. The summed E-state index contributed by atoms with van der Waals surface area (Å²) in [7, 11) is -2.29. The molecule has 188 valence electrons. The zero-order valence-corrected chi connectivity index (χ0v) is 21.8. The lowest BCUT2D eigenvalue weighted by Gasteiger charge is -2.26. The molecule has 0 atom stereocenters. The van der Waals surface area contributed by atoms with Gasteiger partial charge in [0, 0.05) is 12.6 Å². The molecule has 9 heteroatoms. The number of hydrogen-bond donors (Lipinski definition) is 3. The molecule has 0 saturated heterocycles. The van der Waals surface area contributed by atoms with Gasteiger partial charge in [0.05, 0.1) is 23.8 Å². The molecule has 2 saturated carbocycles. The Morgan fingerprint density at radius 1 is 1.12 bits per heavy atom. The van der Waals surface area contributed by atoms with Crippen LogP contribution in [-0.4, -0.2) is 44.3 Å². The van der Waals surface area contributed by atoms with Crippen molar-refractivity contribution in [2.24, 2.45) is 5.92 Å². The van der Waals surface area contributed by atoms with Gasteiger partial charge in [0.25, 0.3) is 0 Å². The summed E-state index contributed by atoms with van der Waals surface area (Å²) in [5.74, 6) is 1.14. The van der Waals surface area contributed by atoms with E-state index in [9.17, 15) is 13.5 Å². The smallest absolute Gasteiger partial charge is 0.244 e. The molecule has 0 unspecified atom stereocenters. The van der Waals surface area contributed by atoms with Gasteiger partial charge in [0.2, 0.25) is 10.0 Å². The van der Waals surface area contributed by atoms with E-state index < -0.39 is 10.0 Å². The summed E-state index contributed by atoms with van der Waals surface area (Å²) in [4.78, 5) is 5.79. The molecule has 2 aliphatic rings. The molecular weight excluding hydrogens is 470 g/mol. The van der Waals surface area contributed by atoms with Crippen LogP contribution in [0.4, 0.5) is 5.13 Å². The van der Waals surface area contributed by atoms with E-state index in [1.165, 1.54) is 45.6 Å². The molecule has 0 bridgehead atoms. The minimum absolute atomic E-state index is 0.137. The lowest BCUT2D eigenvalue weighted by Crippen LogP contribution is -2.38. The minimum Gasteiger partial charge on any atom is -0.495 e. The number of nitrogens with zero attached hydrogens (tertiary/aromatic N) is 1. The maximum atomic E-state index is 13.2. The summed E-state index contributed by atoms with van der Waals surface area (Å²) in [6.45, 7) is 2.88. The first-order valence-electron chi connectivity index (χ1n) is 12.5. The summed E-state index contributed by atoms with van der Waals surface area (Å²) >= 11 is 1.56. The lowest BCUT2D eigenvalue weighted by molar-refractivity contribution is 0.120.